The maximum atomic E-state index is 13.5. The van der Waals surface area contributed by atoms with Gasteiger partial charge in [-0.25, -0.2) is 4.39 Å². The fourth-order valence-electron chi connectivity index (χ4n) is 2.71. The van der Waals surface area contributed by atoms with E-state index in [0.717, 1.165) is 5.56 Å². The molecule has 28 heavy (non-hydrogen) atoms. The highest BCUT2D eigenvalue weighted by Crippen LogP contribution is 2.21. The molecule has 4 rings (SSSR count). The van der Waals surface area contributed by atoms with Crippen molar-refractivity contribution >= 4 is 17.2 Å². The van der Waals surface area contributed by atoms with Gasteiger partial charge in [-0.15, -0.1) is 10.2 Å². The van der Waals surface area contributed by atoms with Crippen LogP contribution in [0.1, 0.15) is 5.82 Å². The number of para-hydroxylation sites is 1. The summed E-state index contributed by atoms with van der Waals surface area (Å²) in [6, 6.07) is 16.9. The van der Waals surface area contributed by atoms with Crippen molar-refractivity contribution in [2.45, 2.75) is 6.92 Å². The van der Waals surface area contributed by atoms with Gasteiger partial charge in [-0.3, -0.25) is 4.79 Å². The Hall–Kier alpha value is -3.81. The van der Waals surface area contributed by atoms with Crippen molar-refractivity contribution in [2.24, 2.45) is 0 Å². The Morgan fingerprint density at radius 3 is 2.82 bits per heavy atom. The van der Waals surface area contributed by atoms with E-state index in [1.807, 2.05) is 31.2 Å². The van der Waals surface area contributed by atoms with Gasteiger partial charge < -0.3 is 10.1 Å². The molecule has 2 heterocycles. The van der Waals surface area contributed by atoms with Gasteiger partial charge >= 0.3 is 0 Å². The Kier molecular flexibility index (Phi) is 4.67. The third-order valence-corrected chi connectivity index (χ3v) is 4.06. The van der Waals surface area contributed by atoms with Crippen LogP contribution in [-0.2, 0) is 4.79 Å². The number of ether oxygens (including phenoxy) is 1. The molecule has 2 aromatic carbocycles. The molecule has 0 unspecified atom stereocenters. The summed E-state index contributed by atoms with van der Waals surface area (Å²) < 4.78 is 20.4. The van der Waals surface area contributed by atoms with Gasteiger partial charge in [0, 0.05) is 11.3 Å². The number of nitrogens with zero attached hydrogens (tertiary/aromatic N) is 4. The second-order valence-electron chi connectivity index (χ2n) is 6.08. The SMILES string of the molecule is Cc1nnc2ccc(-c3cccc(NC(=O)COc4ccccc4F)c3)nn12. The van der Waals surface area contributed by atoms with E-state index < -0.39 is 11.7 Å². The molecule has 0 fully saturated rings. The Balaban J connectivity index is 1.48. The maximum Gasteiger partial charge on any atom is 0.262 e. The lowest BCUT2D eigenvalue weighted by molar-refractivity contribution is -0.118. The van der Waals surface area contributed by atoms with Gasteiger partial charge in [0.1, 0.15) is 0 Å². The molecule has 0 saturated heterocycles. The van der Waals surface area contributed by atoms with Gasteiger partial charge in [0.05, 0.1) is 5.69 Å². The number of nitrogens with one attached hydrogen (secondary N) is 1. The zero-order chi connectivity index (χ0) is 19.5. The topological polar surface area (TPSA) is 81.4 Å². The summed E-state index contributed by atoms with van der Waals surface area (Å²) in [4.78, 5) is 12.1. The Morgan fingerprint density at radius 1 is 1.11 bits per heavy atom. The standard InChI is InChI=1S/C20H16FN5O2/c1-13-23-24-19-10-9-17(25-26(13)19)14-5-4-6-15(11-14)22-20(27)12-28-18-8-3-2-7-16(18)21/h2-11H,12H2,1H3,(H,22,27). The lowest BCUT2D eigenvalue weighted by atomic mass is 10.1. The zero-order valence-corrected chi connectivity index (χ0v) is 15.0. The Morgan fingerprint density at radius 2 is 1.96 bits per heavy atom. The molecule has 0 atom stereocenters. The summed E-state index contributed by atoms with van der Waals surface area (Å²) in [6.45, 7) is 1.53. The molecule has 0 aliphatic carbocycles. The van der Waals surface area contributed by atoms with Gasteiger partial charge in [0.15, 0.2) is 29.6 Å². The number of carbonyl (C=O) groups excluding carboxylic acids is 1. The van der Waals surface area contributed by atoms with E-state index in [-0.39, 0.29) is 12.4 Å². The summed E-state index contributed by atoms with van der Waals surface area (Å²) in [5.41, 5.74) is 2.79. The van der Waals surface area contributed by atoms with Crippen molar-refractivity contribution in [3.63, 3.8) is 0 Å². The minimum atomic E-state index is -0.511. The second kappa shape index (κ2) is 7.43. The zero-order valence-electron chi connectivity index (χ0n) is 15.0. The molecular formula is C20H16FN5O2. The number of aryl methyl sites for hydroxylation is 1. The van der Waals surface area contributed by atoms with Crippen LogP contribution < -0.4 is 10.1 Å². The quantitative estimate of drug-likeness (QED) is 0.577. The summed E-state index contributed by atoms with van der Waals surface area (Å²) in [6.07, 6.45) is 0. The number of carbonyl (C=O) groups is 1. The lowest BCUT2D eigenvalue weighted by Gasteiger charge is -2.09. The highest BCUT2D eigenvalue weighted by atomic mass is 19.1. The Bertz CT molecular complexity index is 1160. The molecular weight excluding hydrogens is 361 g/mol. The van der Waals surface area contributed by atoms with Gasteiger partial charge in [0.2, 0.25) is 0 Å². The molecule has 7 nitrogen and oxygen atoms in total. The van der Waals surface area contributed by atoms with Crippen molar-refractivity contribution in [2.75, 3.05) is 11.9 Å². The molecule has 0 radical (unpaired) electrons. The minimum Gasteiger partial charge on any atom is -0.481 e. The van der Waals surface area contributed by atoms with E-state index >= 15 is 0 Å². The molecule has 1 N–H and O–H groups in total. The number of hydrogen-bond acceptors (Lipinski definition) is 5. The van der Waals surface area contributed by atoms with Crippen molar-refractivity contribution < 1.29 is 13.9 Å². The predicted octanol–water partition coefficient (Wildman–Crippen LogP) is 3.26. The van der Waals surface area contributed by atoms with E-state index in [9.17, 15) is 9.18 Å². The van der Waals surface area contributed by atoms with Crippen molar-refractivity contribution in [1.82, 2.24) is 19.8 Å². The smallest absolute Gasteiger partial charge is 0.262 e. The third kappa shape index (κ3) is 3.66. The highest BCUT2D eigenvalue weighted by molar-refractivity contribution is 5.92. The molecule has 0 bridgehead atoms. The van der Waals surface area contributed by atoms with Crippen molar-refractivity contribution in [3.05, 3.63) is 72.3 Å². The van der Waals surface area contributed by atoms with Gasteiger partial charge in [-0.05, 0) is 43.3 Å². The van der Waals surface area contributed by atoms with Crippen LogP contribution in [0.15, 0.2) is 60.7 Å². The van der Waals surface area contributed by atoms with Gasteiger partial charge in [-0.2, -0.15) is 9.61 Å². The van der Waals surface area contributed by atoms with Gasteiger partial charge in [-0.1, -0.05) is 24.3 Å². The first-order valence-electron chi connectivity index (χ1n) is 8.57. The first kappa shape index (κ1) is 17.6. The van der Waals surface area contributed by atoms with Crippen molar-refractivity contribution in [3.8, 4) is 17.0 Å². The van der Waals surface area contributed by atoms with Crippen LogP contribution in [0.3, 0.4) is 0 Å². The molecule has 140 valence electrons. The predicted molar refractivity (Wildman–Crippen MR) is 101 cm³/mol. The van der Waals surface area contributed by atoms with E-state index in [0.29, 0.717) is 22.9 Å². The highest BCUT2D eigenvalue weighted by Gasteiger charge is 2.09. The van der Waals surface area contributed by atoms with Crippen LogP contribution in [0, 0.1) is 12.7 Å². The monoisotopic (exact) mass is 377 g/mol. The number of hydrogen-bond donors (Lipinski definition) is 1. The largest absolute Gasteiger partial charge is 0.481 e. The lowest BCUT2D eigenvalue weighted by Crippen LogP contribution is -2.20. The average Bonchev–Trinajstić information content (AvgIpc) is 3.08. The van der Waals surface area contributed by atoms with Crippen LogP contribution in [0.5, 0.6) is 5.75 Å². The summed E-state index contributed by atoms with van der Waals surface area (Å²) >= 11 is 0. The normalized spacial score (nSPS) is 10.8. The number of amides is 1. The Labute approximate surface area is 159 Å². The van der Waals surface area contributed by atoms with Crippen LogP contribution in [0.4, 0.5) is 10.1 Å². The van der Waals surface area contributed by atoms with Crippen LogP contribution >= 0.6 is 0 Å². The number of benzene rings is 2. The molecule has 0 aliphatic rings. The first-order valence-corrected chi connectivity index (χ1v) is 8.57. The summed E-state index contributed by atoms with van der Waals surface area (Å²) in [7, 11) is 0. The number of fused-ring (bicyclic) bond motifs is 1. The molecule has 0 aliphatic heterocycles. The molecule has 0 saturated carbocycles. The molecule has 0 spiro atoms. The van der Waals surface area contributed by atoms with E-state index in [4.69, 9.17) is 4.74 Å². The van der Waals surface area contributed by atoms with E-state index in [1.165, 1.54) is 12.1 Å². The summed E-state index contributed by atoms with van der Waals surface area (Å²) in [5.74, 6) is -0.179. The second-order valence-corrected chi connectivity index (χ2v) is 6.08. The summed E-state index contributed by atoms with van der Waals surface area (Å²) in [5, 5.41) is 15.3. The molecule has 4 aromatic rings. The number of halogens is 1. The minimum absolute atomic E-state index is 0.0354. The van der Waals surface area contributed by atoms with Gasteiger partial charge in [0.25, 0.3) is 5.91 Å². The molecule has 1 amide bonds. The molecule has 2 aromatic heterocycles. The number of rotatable bonds is 5. The fraction of sp³-hybridized carbons (Fsp3) is 0.100. The molecule has 8 heteroatoms. The average molecular weight is 377 g/mol. The van der Waals surface area contributed by atoms with Crippen LogP contribution in [0.2, 0.25) is 0 Å². The van der Waals surface area contributed by atoms with Crippen molar-refractivity contribution in [1.29, 1.82) is 0 Å². The number of anilines is 1. The van der Waals surface area contributed by atoms with Crippen LogP contribution in [0.25, 0.3) is 16.9 Å². The first-order chi connectivity index (χ1) is 13.6. The van der Waals surface area contributed by atoms with E-state index in [1.54, 1.807) is 28.8 Å². The van der Waals surface area contributed by atoms with E-state index in [2.05, 4.69) is 20.6 Å². The maximum absolute atomic E-state index is 13.5. The number of aromatic nitrogens is 4. The third-order valence-electron chi connectivity index (χ3n) is 4.06. The van der Waals surface area contributed by atoms with Crippen LogP contribution in [-0.4, -0.2) is 32.3 Å². The fourth-order valence-corrected chi connectivity index (χ4v) is 2.71.